The highest BCUT2D eigenvalue weighted by atomic mass is 35.5. The molecule has 3 rings (SSSR count). The number of nitrogens with one attached hydrogen (secondary N) is 1. The molecule has 3 aromatic heterocycles. The molecule has 0 aliphatic heterocycles. The van der Waals surface area contributed by atoms with Crippen LogP contribution in [0.3, 0.4) is 0 Å². The number of aryl methyl sites for hydroxylation is 1. The summed E-state index contributed by atoms with van der Waals surface area (Å²) in [5, 5.41) is 15.5. The minimum Gasteiger partial charge on any atom is -0.339 e. The molecule has 19 heavy (non-hydrogen) atoms. The van der Waals surface area contributed by atoms with E-state index in [1.807, 2.05) is 13.2 Å². The highest BCUT2D eigenvalue weighted by Crippen LogP contribution is 2.33. The van der Waals surface area contributed by atoms with Crippen LogP contribution in [0.2, 0.25) is 5.02 Å². The summed E-state index contributed by atoms with van der Waals surface area (Å²) in [4.78, 5) is 17.3. The van der Waals surface area contributed by atoms with E-state index in [9.17, 15) is 10.1 Å². The molecule has 0 aromatic carbocycles. The number of rotatable bonds is 2. The maximum absolute atomic E-state index is 10.8. The maximum Gasteiger partial charge on any atom is 0.306 e. The van der Waals surface area contributed by atoms with Gasteiger partial charge in [0.1, 0.15) is 16.9 Å². The first-order chi connectivity index (χ1) is 9.06. The van der Waals surface area contributed by atoms with E-state index in [1.54, 1.807) is 16.9 Å². The number of halogens is 1. The van der Waals surface area contributed by atoms with Crippen LogP contribution < -0.4 is 0 Å². The van der Waals surface area contributed by atoms with Gasteiger partial charge in [0.05, 0.1) is 16.8 Å². The number of pyridine rings is 1. The van der Waals surface area contributed by atoms with Gasteiger partial charge in [0, 0.05) is 24.2 Å². The first kappa shape index (κ1) is 11.7. The molecule has 0 aliphatic carbocycles. The molecule has 3 aromatic rings. The average Bonchev–Trinajstić information content (AvgIpc) is 2.95. The summed E-state index contributed by atoms with van der Waals surface area (Å²) in [6, 6.07) is 1.73. The molecule has 7 nitrogen and oxygen atoms in total. The predicted octanol–water partition coefficient (Wildman–Crippen LogP) is 2.52. The van der Waals surface area contributed by atoms with Gasteiger partial charge in [-0.15, -0.1) is 0 Å². The van der Waals surface area contributed by atoms with E-state index in [-0.39, 0.29) is 10.7 Å². The summed E-state index contributed by atoms with van der Waals surface area (Å²) in [6.07, 6.45) is 4.66. The fourth-order valence-electron chi connectivity index (χ4n) is 1.88. The Labute approximate surface area is 112 Å². The standard InChI is InChI=1S/C11H8ClN5O2/c1-16-5-6(3-14-16)8-2-7-10(12)9(17(18)19)4-13-11(7)15-8/h2-5H,1H3,(H,13,15). The number of fused-ring (bicyclic) bond motifs is 1. The zero-order valence-corrected chi connectivity index (χ0v) is 10.5. The Hall–Kier alpha value is -2.41. The monoisotopic (exact) mass is 277 g/mol. The number of hydrogen-bond acceptors (Lipinski definition) is 4. The number of nitro groups is 1. The molecule has 0 aliphatic rings. The Morgan fingerprint density at radius 3 is 2.89 bits per heavy atom. The third-order valence-electron chi connectivity index (χ3n) is 2.79. The Balaban J connectivity index is 2.21. The highest BCUT2D eigenvalue weighted by Gasteiger charge is 2.18. The summed E-state index contributed by atoms with van der Waals surface area (Å²) in [7, 11) is 1.81. The van der Waals surface area contributed by atoms with Crippen LogP contribution in [-0.4, -0.2) is 24.7 Å². The van der Waals surface area contributed by atoms with E-state index >= 15 is 0 Å². The van der Waals surface area contributed by atoms with Crippen LogP contribution in [0.4, 0.5) is 5.69 Å². The van der Waals surface area contributed by atoms with Crippen LogP contribution in [0, 0.1) is 10.1 Å². The van der Waals surface area contributed by atoms with Gasteiger partial charge in [-0.25, -0.2) is 4.98 Å². The number of hydrogen-bond donors (Lipinski definition) is 1. The van der Waals surface area contributed by atoms with Gasteiger partial charge in [0.2, 0.25) is 0 Å². The van der Waals surface area contributed by atoms with E-state index in [2.05, 4.69) is 15.1 Å². The van der Waals surface area contributed by atoms with Crippen molar-refractivity contribution in [3.05, 3.63) is 39.8 Å². The summed E-state index contributed by atoms with van der Waals surface area (Å²) >= 11 is 6.02. The van der Waals surface area contributed by atoms with E-state index in [0.29, 0.717) is 11.0 Å². The van der Waals surface area contributed by atoms with E-state index in [0.717, 1.165) is 17.5 Å². The van der Waals surface area contributed by atoms with E-state index < -0.39 is 4.92 Å². The molecule has 0 unspecified atom stereocenters. The number of aromatic amines is 1. The average molecular weight is 278 g/mol. The molecule has 8 heteroatoms. The van der Waals surface area contributed by atoms with Crippen LogP contribution in [0.1, 0.15) is 0 Å². The van der Waals surface area contributed by atoms with E-state index in [4.69, 9.17) is 11.6 Å². The maximum atomic E-state index is 10.8. The molecular formula is C11H8ClN5O2. The summed E-state index contributed by atoms with van der Waals surface area (Å²) in [5.41, 5.74) is 1.93. The van der Waals surface area contributed by atoms with Crippen molar-refractivity contribution in [1.29, 1.82) is 0 Å². The van der Waals surface area contributed by atoms with Crippen molar-refractivity contribution < 1.29 is 4.92 Å². The van der Waals surface area contributed by atoms with Crippen molar-refractivity contribution in [2.75, 3.05) is 0 Å². The van der Waals surface area contributed by atoms with Crippen LogP contribution in [0.25, 0.3) is 22.3 Å². The van der Waals surface area contributed by atoms with Gasteiger partial charge in [0.15, 0.2) is 0 Å². The smallest absolute Gasteiger partial charge is 0.306 e. The zero-order chi connectivity index (χ0) is 13.6. The molecule has 0 atom stereocenters. The van der Waals surface area contributed by atoms with Gasteiger partial charge in [-0.1, -0.05) is 11.6 Å². The van der Waals surface area contributed by atoms with E-state index in [1.165, 1.54) is 0 Å². The molecule has 3 heterocycles. The zero-order valence-electron chi connectivity index (χ0n) is 9.79. The summed E-state index contributed by atoms with van der Waals surface area (Å²) < 4.78 is 1.67. The lowest BCUT2D eigenvalue weighted by atomic mass is 10.2. The van der Waals surface area contributed by atoms with Gasteiger partial charge in [-0.05, 0) is 6.07 Å². The molecule has 0 fully saturated rings. The first-order valence-electron chi connectivity index (χ1n) is 5.37. The fourth-order valence-corrected chi connectivity index (χ4v) is 2.14. The van der Waals surface area contributed by atoms with Crippen molar-refractivity contribution in [3.63, 3.8) is 0 Å². The Morgan fingerprint density at radius 1 is 1.47 bits per heavy atom. The molecule has 0 radical (unpaired) electrons. The van der Waals surface area contributed by atoms with Crippen molar-refractivity contribution in [2.24, 2.45) is 7.05 Å². The second-order valence-corrected chi connectivity index (χ2v) is 4.44. The van der Waals surface area contributed by atoms with Gasteiger partial charge < -0.3 is 4.98 Å². The van der Waals surface area contributed by atoms with Crippen molar-refractivity contribution in [3.8, 4) is 11.3 Å². The second kappa shape index (κ2) is 4.06. The lowest BCUT2D eigenvalue weighted by Gasteiger charge is -1.94. The minimum absolute atomic E-state index is 0.0846. The largest absolute Gasteiger partial charge is 0.339 e. The molecular weight excluding hydrogens is 270 g/mol. The minimum atomic E-state index is -0.550. The molecule has 0 saturated heterocycles. The van der Waals surface area contributed by atoms with Gasteiger partial charge >= 0.3 is 5.69 Å². The van der Waals surface area contributed by atoms with Gasteiger partial charge in [-0.2, -0.15) is 5.10 Å². The first-order valence-corrected chi connectivity index (χ1v) is 5.74. The number of H-pyrrole nitrogens is 1. The second-order valence-electron chi connectivity index (χ2n) is 4.06. The highest BCUT2D eigenvalue weighted by molar-refractivity contribution is 6.37. The van der Waals surface area contributed by atoms with Crippen molar-refractivity contribution >= 4 is 28.3 Å². The van der Waals surface area contributed by atoms with Crippen molar-refractivity contribution in [2.45, 2.75) is 0 Å². The van der Waals surface area contributed by atoms with Crippen LogP contribution >= 0.6 is 11.6 Å². The normalized spacial score (nSPS) is 11.1. The molecule has 0 bridgehead atoms. The van der Waals surface area contributed by atoms with Crippen LogP contribution in [-0.2, 0) is 7.05 Å². The lowest BCUT2D eigenvalue weighted by molar-refractivity contribution is -0.384. The quantitative estimate of drug-likeness (QED) is 0.576. The SMILES string of the molecule is Cn1cc(-c2cc3c(Cl)c([N+](=O)[O-])cnc3[nH]2)cn1. The molecule has 0 saturated carbocycles. The van der Waals surface area contributed by atoms with Gasteiger partial charge in [0.25, 0.3) is 0 Å². The number of nitrogens with zero attached hydrogens (tertiary/aromatic N) is 4. The van der Waals surface area contributed by atoms with Crippen LogP contribution in [0.5, 0.6) is 0 Å². The van der Waals surface area contributed by atoms with Gasteiger partial charge in [-0.3, -0.25) is 14.8 Å². The Kier molecular flexibility index (Phi) is 2.49. The molecule has 0 spiro atoms. The fraction of sp³-hybridized carbons (Fsp3) is 0.0909. The lowest BCUT2D eigenvalue weighted by Crippen LogP contribution is -1.90. The van der Waals surface area contributed by atoms with Crippen LogP contribution in [0.15, 0.2) is 24.7 Å². The summed E-state index contributed by atoms with van der Waals surface area (Å²) in [5.74, 6) is 0. The predicted molar refractivity (Wildman–Crippen MR) is 70.0 cm³/mol. The number of aromatic nitrogens is 4. The Bertz CT molecular complexity index is 792. The topological polar surface area (TPSA) is 89.6 Å². The molecule has 1 N–H and O–H groups in total. The Morgan fingerprint density at radius 2 is 2.26 bits per heavy atom. The van der Waals surface area contributed by atoms with Crippen molar-refractivity contribution in [1.82, 2.24) is 19.7 Å². The third kappa shape index (κ3) is 1.84. The summed E-state index contributed by atoms with van der Waals surface area (Å²) in [6.45, 7) is 0. The molecule has 96 valence electrons. The third-order valence-corrected chi connectivity index (χ3v) is 3.18. The molecule has 0 amide bonds.